The molecule has 0 spiro atoms. The SMILES string of the molecule is CC(C)(C)OC(=O)N1CCC(OC(N)=S)CC1. The van der Waals surface area contributed by atoms with E-state index in [1.54, 1.807) is 4.90 Å². The molecule has 1 amide bonds. The van der Waals surface area contributed by atoms with Gasteiger partial charge in [0.25, 0.3) is 5.17 Å². The van der Waals surface area contributed by atoms with E-state index in [0.717, 1.165) is 12.8 Å². The molecule has 0 aromatic heterocycles. The summed E-state index contributed by atoms with van der Waals surface area (Å²) in [6.07, 6.45) is 1.21. The van der Waals surface area contributed by atoms with Gasteiger partial charge in [-0.1, -0.05) is 0 Å². The molecular weight excluding hydrogens is 240 g/mol. The molecule has 0 unspecified atom stereocenters. The van der Waals surface area contributed by atoms with Gasteiger partial charge in [0.2, 0.25) is 0 Å². The lowest BCUT2D eigenvalue weighted by Gasteiger charge is -2.33. The van der Waals surface area contributed by atoms with Gasteiger partial charge in [0, 0.05) is 25.9 Å². The molecule has 0 aromatic rings. The quantitative estimate of drug-likeness (QED) is 0.726. The number of nitrogens with two attached hydrogens (primary N) is 1. The van der Waals surface area contributed by atoms with E-state index >= 15 is 0 Å². The highest BCUT2D eigenvalue weighted by Crippen LogP contribution is 2.17. The molecule has 0 saturated carbocycles. The third-order valence-corrected chi connectivity index (χ3v) is 2.47. The van der Waals surface area contributed by atoms with Crippen LogP contribution in [0.1, 0.15) is 33.6 Å². The lowest BCUT2D eigenvalue weighted by Crippen LogP contribution is -2.44. The molecule has 1 aliphatic heterocycles. The molecule has 0 aliphatic carbocycles. The summed E-state index contributed by atoms with van der Waals surface area (Å²) in [5.41, 5.74) is 4.85. The number of nitrogens with zero attached hydrogens (tertiary/aromatic N) is 1. The highest BCUT2D eigenvalue weighted by molar-refractivity contribution is 7.80. The van der Waals surface area contributed by atoms with Crippen molar-refractivity contribution in [3.8, 4) is 0 Å². The molecule has 5 nitrogen and oxygen atoms in total. The van der Waals surface area contributed by atoms with E-state index in [1.807, 2.05) is 20.8 Å². The summed E-state index contributed by atoms with van der Waals surface area (Å²) in [4.78, 5) is 13.4. The van der Waals surface area contributed by atoms with Crippen LogP contribution in [0.15, 0.2) is 0 Å². The second-order valence-corrected chi connectivity index (χ2v) is 5.51. The average Bonchev–Trinajstić information content (AvgIpc) is 2.15. The van der Waals surface area contributed by atoms with Gasteiger partial charge in [-0.05, 0) is 33.0 Å². The van der Waals surface area contributed by atoms with E-state index in [-0.39, 0.29) is 17.4 Å². The van der Waals surface area contributed by atoms with Crippen LogP contribution in [-0.2, 0) is 9.47 Å². The second-order valence-electron chi connectivity index (χ2n) is 5.10. The predicted octanol–water partition coefficient (Wildman–Crippen LogP) is 1.65. The Bertz CT molecular complexity index is 294. The maximum atomic E-state index is 11.8. The van der Waals surface area contributed by atoms with E-state index in [2.05, 4.69) is 12.2 Å². The average molecular weight is 260 g/mol. The zero-order chi connectivity index (χ0) is 13.1. The number of thiocarbonyl (C=S) groups is 1. The Hall–Kier alpha value is -1.04. The summed E-state index contributed by atoms with van der Waals surface area (Å²) in [5.74, 6) is 0. The lowest BCUT2D eigenvalue weighted by atomic mass is 10.1. The molecule has 1 heterocycles. The van der Waals surface area contributed by atoms with Crippen molar-refractivity contribution in [3.05, 3.63) is 0 Å². The fourth-order valence-corrected chi connectivity index (χ4v) is 1.78. The summed E-state index contributed by atoms with van der Waals surface area (Å²) in [5, 5.41) is 0.0701. The molecule has 2 N–H and O–H groups in total. The van der Waals surface area contributed by atoms with Gasteiger partial charge in [-0.25, -0.2) is 4.79 Å². The Morgan fingerprint density at radius 2 is 1.88 bits per heavy atom. The summed E-state index contributed by atoms with van der Waals surface area (Å²) < 4.78 is 10.5. The molecule has 1 saturated heterocycles. The van der Waals surface area contributed by atoms with Crippen molar-refractivity contribution >= 4 is 23.5 Å². The molecule has 0 aromatic carbocycles. The number of hydrogen-bond acceptors (Lipinski definition) is 4. The first-order valence-corrected chi connectivity index (χ1v) is 6.13. The monoisotopic (exact) mass is 260 g/mol. The maximum absolute atomic E-state index is 11.8. The van der Waals surface area contributed by atoms with Crippen molar-refractivity contribution in [2.75, 3.05) is 13.1 Å². The van der Waals surface area contributed by atoms with Crippen LogP contribution >= 0.6 is 12.2 Å². The number of carbonyl (C=O) groups is 1. The first kappa shape index (κ1) is 14.0. The number of carbonyl (C=O) groups excluding carboxylic acids is 1. The van der Waals surface area contributed by atoms with Gasteiger partial charge in [0.15, 0.2) is 0 Å². The standard InChI is InChI=1S/C11H20N2O3S/c1-11(2,3)16-10(14)13-6-4-8(5-7-13)15-9(12)17/h8H,4-7H2,1-3H3,(H2,12,17). The molecule has 0 atom stereocenters. The number of amides is 1. The van der Waals surface area contributed by atoms with Crippen LogP contribution in [-0.4, -0.2) is 41.0 Å². The van der Waals surface area contributed by atoms with Crippen LogP contribution < -0.4 is 5.73 Å². The molecule has 98 valence electrons. The molecule has 0 radical (unpaired) electrons. The third kappa shape index (κ3) is 5.21. The normalized spacial score (nSPS) is 17.7. The van der Waals surface area contributed by atoms with Crippen molar-refractivity contribution in [3.63, 3.8) is 0 Å². The highest BCUT2D eigenvalue weighted by atomic mass is 32.1. The van der Waals surface area contributed by atoms with E-state index in [0.29, 0.717) is 13.1 Å². The van der Waals surface area contributed by atoms with Crippen molar-refractivity contribution < 1.29 is 14.3 Å². The summed E-state index contributed by atoms with van der Waals surface area (Å²) in [6.45, 7) is 6.79. The van der Waals surface area contributed by atoms with Gasteiger partial charge in [-0.3, -0.25) is 0 Å². The molecule has 0 bridgehead atoms. The first-order valence-electron chi connectivity index (χ1n) is 5.72. The topological polar surface area (TPSA) is 64.8 Å². The van der Waals surface area contributed by atoms with E-state index in [9.17, 15) is 4.79 Å². The van der Waals surface area contributed by atoms with Gasteiger partial charge in [0.1, 0.15) is 11.7 Å². The largest absolute Gasteiger partial charge is 0.468 e. The minimum absolute atomic E-state index is 0.0196. The Kier molecular flexibility index (Phi) is 4.56. The van der Waals surface area contributed by atoms with Crippen molar-refractivity contribution in [1.29, 1.82) is 0 Å². The zero-order valence-electron chi connectivity index (χ0n) is 10.6. The van der Waals surface area contributed by atoms with Crippen LogP contribution in [0.4, 0.5) is 4.79 Å². The smallest absolute Gasteiger partial charge is 0.410 e. The highest BCUT2D eigenvalue weighted by Gasteiger charge is 2.27. The van der Waals surface area contributed by atoms with E-state index < -0.39 is 5.60 Å². The molecule has 1 aliphatic rings. The van der Waals surface area contributed by atoms with Gasteiger partial charge >= 0.3 is 6.09 Å². The number of likely N-dealkylation sites (tertiary alicyclic amines) is 1. The fourth-order valence-electron chi connectivity index (χ4n) is 1.65. The fraction of sp³-hybridized carbons (Fsp3) is 0.818. The molecule has 1 rings (SSSR count). The Morgan fingerprint density at radius 1 is 1.35 bits per heavy atom. The minimum Gasteiger partial charge on any atom is -0.468 e. The van der Waals surface area contributed by atoms with E-state index in [4.69, 9.17) is 15.2 Å². The van der Waals surface area contributed by atoms with Crippen molar-refractivity contribution in [2.45, 2.75) is 45.3 Å². The Balaban J connectivity index is 2.36. The minimum atomic E-state index is -0.455. The predicted molar refractivity (Wildman–Crippen MR) is 68.7 cm³/mol. The number of hydrogen-bond donors (Lipinski definition) is 1. The first-order chi connectivity index (χ1) is 7.78. The Labute approximate surface area is 107 Å². The number of rotatable bonds is 1. The molecule has 6 heteroatoms. The van der Waals surface area contributed by atoms with Crippen LogP contribution in [0.25, 0.3) is 0 Å². The van der Waals surface area contributed by atoms with Crippen LogP contribution in [0.3, 0.4) is 0 Å². The number of piperidine rings is 1. The van der Waals surface area contributed by atoms with Crippen molar-refractivity contribution in [1.82, 2.24) is 4.90 Å². The summed E-state index contributed by atoms with van der Waals surface area (Å²) in [6, 6.07) is 0. The van der Waals surface area contributed by atoms with Gasteiger partial charge < -0.3 is 20.1 Å². The summed E-state index contributed by atoms with van der Waals surface area (Å²) >= 11 is 4.68. The van der Waals surface area contributed by atoms with Gasteiger partial charge in [-0.15, -0.1) is 0 Å². The maximum Gasteiger partial charge on any atom is 0.410 e. The second kappa shape index (κ2) is 5.53. The van der Waals surface area contributed by atoms with Crippen LogP contribution in [0, 0.1) is 0 Å². The zero-order valence-corrected chi connectivity index (χ0v) is 11.4. The lowest BCUT2D eigenvalue weighted by molar-refractivity contribution is 0.0117. The van der Waals surface area contributed by atoms with Gasteiger partial charge in [0.05, 0.1) is 0 Å². The molecule has 17 heavy (non-hydrogen) atoms. The molecular formula is C11H20N2O3S. The Morgan fingerprint density at radius 3 is 2.29 bits per heavy atom. The third-order valence-electron chi connectivity index (χ3n) is 2.38. The molecule has 1 fully saturated rings. The van der Waals surface area contributed by atoms with Gasteiger partial charge in [-0.2, -0.15) is 0 Å². The van der Waals surface area contributed by atoms with Crippen LogP contribution in [0.5, 0.6) is 0 Å². The number of ether oxygens (including phenoxy) is 2. The van der Waals surface area contributed by atoms with Crippen molar-refractivity contribution in [2.24, 2.45) is 5.73 Å². The summed E-state index contributed by atoms with van der Waals surface area (Å²) in [7, 11) is 0. The van der Waals surface area contributed by atoms with Crippen LogP contribution in [0.2, 0.25) is 0 Å². The van der Waals surface area contributed by atoms with E-state index in [1.165, 1.54) is 0 Å².